The van der Waals surface area contributed by atoms with Crippen LogP contribution < -0.4 is 0 Å². The van der Waals surface area contributed by atoms with E-state index in [2.05, 4.69) is 41.0 Å². The zero-order chi connectivity index (χ0) is 19.6. The minimum absolute atomic E-state index is 0.294. The van der Waals surface area contributed by atoms with E-state index in [4.69, 9.17) is 13.9 Å². The highest BCUT2D eigenvalue weighted by molar-refractivity contribution is 5.22. The van der Waals surface area contributed by atoms with Crippen LogP contribution in [0.5, 0.6) is 0 Å². The summed E-state index contributed by atoms with van der Waals surface area (Å²) in [4.78, 5) is 4.73. The topological polar surface area (TPSA) is 58.3 Å². The molecule has 0 spiro atoms. The number of nitrogens with zero attached hydrogens (tertiary/aromatic N) is 2. The van der Waals surface area contributed by atoms with Crippen LogP contribution in [0.4, 0.5) is 0 Å². The molecule has 1 saturated heterocycles. The summed E-state index contributed by atoms with van der Waals surface area (Å²) in [5.41, 5.74) is 2.53. The van der Waals surface area contributed by atoms with E-state index in [1.54, 1.807) is 6.26 Å². The zero-order valence-corrected chi connectivity index (χ0v) is 16.8. The lowest BCUT2D eigenvalue weighted by Crippen LogP contribution is -2.43. The van der Waals surface area contributed by atoms with Crippen LogP contribution in [0.3, 0.4) is 0 Å². The van der Waals surface area contributed by atoms with Crippen molar-refractivity contribution in [1.29, 1.82) is 0 Å². The number of aryl methyl sites for hydroxylation is 1. The first-order chi connectivity index (χ1) is 13.7. The Labute approximate surface area is 167 Å². The summed E-state index contributed by atoms with van der Waals surface area (Å²) >= 11 is 0. The molecule has 0 unspecified atom stereocenters. The molecule has 1 aliphatic heterocycles. The average Bonchev–Trinajstić information content (AvgIpc) is 3.20. The molecule has 1 N–H and O–H groups in total. The zero-order valence-electron chi connectivity index (χ0n) is 16.8. The molecule has 0 aliphatic carbocycles. The molecule has 28 heavy (non-hydrogen) atoms. The maximum absolute atomic E-state index is 10.5. The van der Waals surface area contributed by atoms with Crippen LogP contribution in [0.25, 0.3) is 0 Å². The number of ether oxygens (including phenoxy) is 2. The third-order valence-corrected chi connectivity index (χ3v) is 4.93. The molecule has 2 aromatic rings. The van der Waals surface area contributed by atoms with Gasteiger partial charge in [-0.25, -0.2) is 0 Å². The van der Waals surface area contributed by atoms with Crippen LogP contribution in [0.15, 0.2) is 47.1 Å². The van der Waals surface area contributed by atoms with Gasteiger partial charge < -0.3 is 19.0 Å². The van der Waals surface area contributed by atoms with Gasteiger partial charge in [0.1, 0.15) is 12.4 Å². The van der Waals surface area contributed by atoms with Crippen molar-refractivity contribution in [2.24, 2.45) is 0 Å². The molecule has 1 atom stereocenters. The van der Waals surface area contributed by atoms with Gasteiger partial charge in [0.05, 0.1) is 32.2 Å². The maximum atomic E-state index is 10.5. The fourth-order valence-corrected chi connectivity index (χ4v) is 3.45. The van der Waals surface area contributed by atoms with Crippen LogP contribution in [0.2, 0.25) is 0 Å². The van der Waals surface area contributed by atoms with Gasteiger partial charge in [0.2, 0.25) is 0 Å². The molecule has 0 saturated carbocycles. The largest absolute Gasteiger partial charge is 0.467 e. The van der Waals surface area contributed by atoms with Gasteiger partial charge in [0.15, 0.2) is 0 Å². The molecule has 1 aromatic carbocycles. The van der Waals surface area contributed by atoms with E-state index in [9.17, 15) is 5.11 Å². The van der Waals surface area contributed by atoms with Crippen LogP contribution >= 0.6 is 0 Å². The predicted octanol–water partition coefficient (Wildman–Crippen LogP) is 2.30. The monoisotopic (exact) mass is 388 g/mol. The molecule has 2 heterocycles. The van der Waals surface area contributed by atoms with E-state index in [1.807, 2.05) is 12.1 Å². The molecular formula is C22H32N2O4. The lowest BCUT2D eigenvalue weighted by Gasteiger charge is -2.31. The highest BCUT2D eigenvalue weighted by Crippen LogP contribution is 2.10. The van der Waals surface area contributed by atoms with Crippen LogP contribution in [-0.2, 0) is 22.6 Å². The summed E-state index contributed by atoms with van der Waals surface area (Å²) in [5.74, 6) is 0.774. The molecule has 0 bridgehead atoms. The molecule has 1 aromatic heterocycles. The SMILES string of the molecule is Cc1cccc(CN(CCN2CCOCC2)C[C@@H](O)COCc2ccco2)c1. The minimum atomic E-state index is -0.538. The van der Waals surface area contributed by atoms with Gasteiger partial charge in [-0.05, 0) is 24.6 Å². The molecule has 6 heteroatoms. The van der Waals surface area contributed by atoms with E-state index in [0.29, 0.717) is 19.8 Å². The van der Waals surface area contributed by atoms with E-state index in [1.165, 1.54) is 11.1 Å². The summed E-state index contributed by atoms with van der Waals surface area (Å²) in [6.45, 7) is 9.65. The second-order valence-corrected chi connectivity index (χ2v) is 7.43. The van der Waals surface area contributed by atoms with E-state index in [0.717, 1.165) is 51.7 Å². The molecule has 0 amide bonds. The average molecular weight is 389 g/mol. The maximum Gasteiger partial charge on any atom is 0.129 e. The normalized spacial score (nSPS) is 16.5. The Hall–Kier alpha value is -1.70. The second-order valence-electron chi connectivity index (χ2n) is 7.43. The number of aliphatic hydroxyl groups excluding tert-OH is 1. The van der Waals surface area contributed by atoms with E-state index >= 15 is 0 Å². The third kappa shape index (κ3) is 7.37. The van der Waals surface area contributed by atoms with Crippen molar-refractivity contribution in [1.82, 2.24) is 9.80 Å². The Morgan fingerprint density at radius 3 is 2.82 bits per heavy atom. The number of furan rings is 1. The van der Waals surface area contributed by atoms with Crippen molar-refractivity contribution >= 4 is 0 Å². The minimum Gasteiger partial charge on any atom is -0.467 e. The first-order valence-electron chi connectivity index (χ1n) is 10.1. The molecule has 6 nitrogen and oxygen atoms in total. The van der Waals surface area contributed by atoms with Crippen molar-refractivity contribution in [3.05, 3.63) is 59.5 Å². The summed E-state index contributed by atoms with van der Waals surface area (Å²) in [6, 6.07) is 12.3. The second kappa shape index (κ2) is 11.3. The Kier molecular flexibility index (Phi) is 8.51. The first-order valence-corrected chi connectivity index (χ1v) is 10.1. The smallest absolute Gasteiger partial charge is 0.129 e. The van der Waals surface area contributed by atoms with Crippen molar-refractivity contribution in [2.75, 3.05) is 52.5 Å². The summed E-state index contributed by atoms with van der Waals surface area (Å²) in [5, 5.41) is 10.5. The highest BCUT2D eigenvalue weighted by Gasteiger charge is 2.16. The summed E-state index contributed by atoms with van der Waals surface area (Å²) in [7, 11) is 0. The highest BCUT2D eigenvalue weighted by atomic mass is 16.5. The molecule has 1 aliphatic rings. The third-order valence-electron chi connectivity index (χ3n) is 4.93. The number of hydrogen-bond acceptors (Lipinski definition) is 6. The number of hydrogen-bond donors (Lipinski definition) is 1. The van der Waals surface area contributed by atoms with Crippen LogP contribution in [-0.4, -0.2) is 73.6 Å². The first kappa shape index (κ1) is 21.0. The Morgan fingerprint density at radius 2 is 2.07 bits per heavy atom. The van der Waals surface area contributed by atoms with Gasteiger partial charge in [-0.2, -0.15) is 0 Å². The summed E-state index contributed by atoms with van der Waals surface area (Å²) < 4.78 is 16.3. The van der Waals surface area contributed by atoms with Gasteiger partial charge in [0.25, 0.3) is 0 Å². The van der Waals surface area contributed by atoms with E-state index < -0.39 is 6.10 Å². The molecule has 1 fully saturated rings. The lowest BCUT2D eigenvalue weighted by atomic mass is 10.1. The Balaban J connectivity index is 1.49. The predicted molar refractivity (Wildman–Crippen MR) is 108 cm³/mol. The lowest BCUT2D eigenvalue weighted by molar-refractivity contribution is -0.00152. The van der Waals surface area contributed by atoms with Gasteiger partial charge in [-0.15, -0.1) is 0 Å². The van der Waals surface area contributed by atoms with Crippen molar-refractivity contribution in [2.45, 2.75) is 26.2 Å². The number of aliphatic hydroxyl groups is 1. The van der Waals surface area contributed by atoms with Crippen LogP contribution in [0, 0.1) is 6.92 Å². The number of benzene rings is 1. The Morgan fingerprint density at radius 1 is 1.21 bits per heavy atom. The molecular weight excluding hydrogens is 356 g/mol. The fraction of sp³-hybridized carbons (Fsp3) is 0.545. The van der Waals surface area contributed by atoms with Gasteiger partial charge in [-0.3, -0.25) is 9.80 Å². The molecule has 154 valence electrons. The molecule has 0 radical (unpaired) electrons. The quantitative estimate of drug-likeness (QED) is 0.637. The number of morpholine rings is 1. The van der Waals surface area contributed by atoms with E-state index in [-0.39, 0.29) is 0 Å². The van der Waals surface area contributed by atoms with Crippen LogP contribution in [0.1, 0.15) is 16.9 Å². The Bertz CT molecular complexity index is 671. The summed E-state index contributed by atoms with van der Waals surface area (Å²) in [6.07, 6.45) is 1.09. The van der Waals surface area contributed by atoms with Gasteiger partial charge in [0, 0.05) is 39.3 Å². The van der Waals surface area contributed by atoms with Gasteiger partial charge >= 0.3 is 0 Å². The molecule has 3 rings (SSSR count). The fourth-order valence-electron chi connectivity index (χ4n) is 3.45. The van der Waals surface area contributed by atoms with Gasteiger partial charge in [-0.1, -0.05) is 29.8 Å². The standard InChI is InChI=1S/C22H32N2O4/c1-19-4-2-5-20(14-19)15-24(8-7-23-9-12-26-13-10-23)16-21(25)17-27-18-22-6-3-11-28-22/h2-6,11,14,21,25H,7-10,12-13,15-18H2,1H3/t21-/m1/s1. The number of rotatable bonds is 11. The van der Waals surface area contributed by atoms with Crippen molar-refractivity contribution in [3.8, 4) is 0 Å². The van der Waals surface area contributed by atoms with Crippen molar-refractivity contribution < 1.29 is 19.0 Å². The van der Waals surface area contributed by atoms with Crippen molar-refractivity contribution in [3.63, 3.8) is 0 Å².